The third-order valence-corrected chi connectivity index (χ3v) is 5.79. The molecule has 1 N–H and O–H groups in total. The molecule has 0 bridgehead atoms. The van der Waals surface area contributed by atoms with E-state index in [9.17, 15) is 4.79 Å². The summed E-state index contributed by atoms with van der Waals surface area (Å²) in [6, 6.07) is 22.2. The van der Waals surface area contributed by atoms with E-state index in [2.05, 4.69) is 65.7 Å². The maximum atomic E-state index is 12.6. The maximum Gasteiger partial charge on any atom is 0.293 e. The van der Waals surface area contributed by atoms with E-state index in [-0.39, 0.29) is 5.91 Å². The molecular weight excluding hydrogens is 508 g/mol. The van der Waals surface area contributed by atoms with Gasteiger partial charge >= 0.3 is 0 Å². The number of benzene rings is 3. The molecule has 0 aliphatic rings. The molecule has 0 radical (unpaired) electrons. The van der Waals surface area contributed by atoms with E-state index >= 15 is 0 Å². The molecule has 1 heterocycles. The Hall–Kier alpha value is -2.77. The van der Waals surface area contributed by atoms with Gasteiger partial charge in [-0.05, 0) is 63.0 Å². The summed E-state index contributed by atoms with van der Waals surface area (Å²) in [6.07, 6.45) is 1.79. The molecule has 0 spiro atoms. The minimum Gasteiger partial charge on any atom is -0.266 e. The Morgan fingerprint density at radius 2 is 1.77 bits per heavy atom. The molecule has 0 saturated heterocycles. The number of nitrogens with one attached hydrogen (secondary N) is 1. The standard InChI is InChI=1S/C23H18Br2N4O/c1-15(18-9-8-17-4-2-3-5-19(17)12-18)26-27-23(30)22-21(25)14-29(28-22)13-16-6-10-20(24)11-7-16/h2-12,14H,13H2,1H3,(H,27,30)/b26-15+. The zero-order chi connectivity index (χ0) is 21.1. The van der Waals surface area contributed by atoms with Gasteiger partial charge in [-0.25, -0.2) is 5.43 Å². The van der Waals surface area contributed by atoms with Crippen LogP contribution in [0.3, 0.4) is 0 Å². The van der Waals surface area contributed by atoms with Crippen LogP contribution in [0.5, 0.6) is 0 Å². The first kappa shape index (κ1) is 20.5. The van der Waals surface area contributed by atoms with E-state index in [0.29, 0.717) is 16.7 Å². The lowest BCUT2D eigenvalue weighted by Gasteiger charge is -2.04. The second kappa shape index (κ2) is 8.93. The van der Waals surface area contributed by atoms with Crippen LogP contribution in [-0.4, -0.2) is 21.4 Å². The van der Waals surface area contributed by atoms with E-state index < -0.39 is 0 Å². The van der Waals surface area contributed by atoms with Crippen molar-refractivity contribution >= 4 is 54.3 Å². The highest BCUT2D eigenvalue weighted by molar-refractivity contribution is 9.10. The summed E-state index contributed by atoms with van der Waals surface area (Å²) >= 11 is 6.85. The van der Waals surface area contributed by atoms with Crippen LogP contribution in [-0.2, 0) is 6.54 Å². The van der Waals surface area contributed by atoms with Crippen molar-refractivity contribution in [1.82, 2.24) is 15.2 Å². The fourth-order valence-corrected chi connectivity index (χ4v) is 3.84. The summed E-state index contributed by atoms with van der Waals surface area (Å²) in [6.45, 7) is 2.43. The molecule has 0 saturated carbocycles. The molecule has 150 valence electrons. The number of aromatic nitrogens is 2. The molecule has 5 nitrogen and oxygen atoms in total. The number of rotatable bonds is 5. The average molecular weight is 526 g/mol. The fraction of sp³-hybridized carbons (Fsp3) is 0.0870. The third kappa shape index (κ3) is 4.68. The van der Waals surface area contributed by atoms with Gasteiger partial charge in [0.1, 0.15) is 0 Å². The lowest BCUT2D eigenvalue weighted by molar-refractivity contribution is 0.0948. The molecule has 30 heavy (non-hydrogen) atoms. The molecule has 1 aromatic heterocycles. The van der Waals surface area contributed by atoms with Gasteiger partial charge in [0.2, 0.25) is 0 Å². The van der Waals surface area contributed by atoms with Gasteiger partial charge in [-0.3, -0.25) is 9.48 Å². The summed E-state index contributed by atoms with van der Waals surface area (Å²) in [5, 5.41) is 11.0. The first-order chi connectivity index (χ1) is 14.5. The number of carbonyl (C=O) groups is 1. The van der Waals surface area contributed by atoms with Crippen LogP contribution in [0.1, 0.15) is 28.5 Å². The number of nitrogens with zero attached hydrogens (tertiary/aromatic N) is 3. The Bertz CT molecular complexity index is 1250. The van der Waals surface area contributed by atoms with Crippen LogP contribution in [0.4, 0.5) is 0 Å². The molecule has 7 heteroatoms. The Balaban J connectivity index is 1.47. The van der Waals surface area contributed by atoms with Crippen molar-refractivity contribution in [3.05, 3.63) is 98.7 Å². The zero-order valence-electron chi connectivity index (χ0n) is 16.1. The molecule has 1 amide bonds. The predicted molar refractivity (Wildman–Crippen MR) is 127 cm³/mol. The number of amides is 1. The summed E-state index contributed by atoms with van der Waals surface area (Å²) in [5.41, 5.74) is 5.66. The maximum absolute atomic E-state index is 12.6. The fourth-order valence-electron chi connectivity index (χ4n) is 3.08. The SMILES string of the molecule is C/C(=N\NC(=O)c1nn(Cc2ccc(Br)cc2)cc1Br)c1ccc2ccccc2c1. The molecule has 0 unspecified atom stereocenters. The quantitative estimate of drug-likeness (QED) is 0.266. The minimum absolute atomic E-state index is 0.294. The molecule has 0 aliphatic heterocycles. The minimum atomic E-state index is -0.364. The molecule has 3 aromatic carbocycles. The van der Waals surface area contributed by atoms with Crippen molar-refractivity contribution in [2.24, 2.45) is 5.10 Å². The number of fused-ring (bicyclic) bond motifs is 1. The van der Waals surface area contributed by atoms with E-state index in [0.717, 1.165) is 26.7 Å². The Morgan fingerprint density at radius 1 is 1.03 bits per heavy atom. The van der Waals surface area contributed by atoms with E-state index in [1.165, 1.54) is 5.39 Å². The van der Waals surface area contributed by atoms with Gasteiger partial charge in [0, 0.05) is 10.7 Å². The van der Waals surface area contributed by atoms with Gasteiger partial charge in [0.15, 0.2) is 5.69 Å². The third-order valence-electron chi connectivity index (χ3n) is 4.68. The van der Waals surface area contributed by atoms with E-state index in [1.807, 2.05) is 55.5 Å². The first-order valence-corrected chi connectivity index (χ1v) is 10.9. The average Bonchev–Trinajstić information content (AvgIpc) is 3.13. The van der Waals surface area contributed by atoms with Gasteiger partial charge < -0.3 is 0 Å². The van der Waals surface area contributed by atoms with Crippen molar-refractivity contribution in [2.75, 3.05) is 0 Å². The highest BCUT2D eigenvalue weighted by atomic mass is 79.9. The lowest BCUT2D eigenvalue weighted by atomic mass is 10.0. The largest absolute Gasteiger partial charge is 0.293 e. The van der Waals surface area contributed by atoms with Gasteiger partial charge in [-0.2, -0.15) is 10.2 Å². The number of carbonyl (C=O) groups excluding carboxylic acids is 1. The molecule has 4 rings (SSSR count). The summed E-state index contributed by atoms with van der Waals surface area (Å²) in [4.78, 5) is 12.6. The summed E-state index contributed by atoms with van der Waals surface area (Å²) in [7, 11) is 0. The van der Waals surface area contributed by atoms with E-state index in [4.69, 9.17) is 0 Å². The molecule has 4 aromatic rings. The monoisotopic (exact) mass is 524 g/mol. The Labute approximate surface area is 191 Å². The zero-order valence-corrected chi connectivity index (χ0v) is 19.3. The van der Waals surface area contributed by atoms with Crippen LogP contribution in [0.2, 0.25) is 0 Å². The Kier molecular flexibility index (Phi) is 6.11. The molecule has 0 atom stereocenters. The highest BCUT2D eigenvalue weighted by Gasteiger charge is 2.15. The van der Waals surface area contributed by atoms with Crippen LogP contribution in [0.15, 0.2) is 87.0 Å². The van der Waals surface area contributed by atoms with Gasteiger partial charge in [-0.15, -0.1) is 0 Å². The van der Waals surface area contributed by atoms with Crippen molar-refractivity contribution in [1.29, 1.82) is 0 Å². The smallest absolute Gasteiger partial charge is 0.266 e. The second-order valence-corrected chi connectivity index (χ2v) is 8.62. The topological polar surface area (TPSA) is 59.3 Å². The number of hydrogen-bond donors (Lipinski definition) is 1. The first-order valence-electron chi connectivity index (χ1n) is 9.31. The van der Waals surface area contributed by atoms with Crippen LogP contribution < -0.4 is 5.43 Å². The van der Waals surface area contributed by atoms with Crippen LogP contribution in [0, 0.1) is 0 Å². The molecule has 0 aliphatic carbocycles. The van der Waals surface area contributed by atoms with E-state index in [1.54, 1.807) is 10.9 Å². The summed E-state index contributed by atoms with van der Waals surface area (Å²) < 4.78 is 3.37. The molecular formula is C23H18Br2N4O. The number of hydrazone groups is 1. The highest BCUT2D eigenvalue weighted by Crippen LogP contribution is 2.18. The predicted octanol–water partition coefficient (Wildman–Crippen LogP) is 5.76. The summed E-state index contributed by atoms with van der Waals surface area (Å²) in [5.74, 6) is -0.364. The number of hydrogen-bond acceptors (Lipinski definition) is 3. The van der Waals surface area contributed by atoms with Gasteiger partial charge in [0.25, 0.3) is 5.91 Å². The lowest BCUT2D eigenvalue weighted by Crippen LogP contribution is -2.20. The van der Waals surface area contributed by atoms with Crippen LogP contribution >= 0.6 is 31.9 Å². The van der Waals surface area contributed by atoms with Crippen molar-refractivity contribution in [3.63, 3.8) is 0 Å². The van der Waals surface area contributed by atoms with Crippen molar-refractivity contribution in [2.45, 2.75) is 13.5 Å². The number of halogens is 2. The van der Waals surface area contributed by atoms with Gasteiger partial charge in [0.05, 0.1) is 16.7 Å². The molecule has 0 fully saturated rings. The van der Waals surface area contributed by atoms with Crippen molar-refractivity contribution in [3.8, 4) is 0 Å². The Morgan fingerprint density at radius 3 is 2.53 bits per heavy atom. The normalized spacial score (nSPS) is 11.6. The second-order valence-electron chi connectivity index (χ2n) is 6.85. The van der Waals surface area contributed by atoms with Crippen LogP contribution in [0.25, 0.3) is 10.8 Å². The van der Waals surface area contributed by atoms with Gasteiger partial charge in [-0.1, -0.05) is 64.5 Å². The van der Waals surface area contributed by atoms with Crippen molar-refractivity contribution < 1.29 is 4.79 Å².